The van der Waals surface area contributed by atoms with E-state index in [-0.39, 0.29) is 29.3 Å². The largest absolute Gasteiger partial charge is 0.351 e. The lowest BCUT2D eigenvalue weighted by atomic mass is 10.0. The second kappa shape index (κ2) is 6.38. The minimum Gasteiger partial charge on any atom is -0.351 e. The number of amides is 1. The summed E-state index contributed by atoms with van der Waals surface area (Å²) < 4.78 is 1.63. The molecule has 0 aliphatic carbocycles. The molecule has 0 fully saturated rings. The minimum absolute atomic E-state index is 0.0256. The maximum absolute atomic E-state index is 11.7. The molecule has 0 bridgehead atoms. The molecule has 0 radical (unpaired) electrons. The van der Waals surface area contributed by atoms with Crippen LogP contribution >= 0.6 is 0 Å². The third-order valence-electron chi connectivity index (χ3n) is 2.95. The predicted octanol–water partition coefficient (Wildman–Crippen LogP) is 1.65. The summed E-state index contributed by atoms with van der Waals surface area (Å²) in [5, 5.41) is 2.99. The topological polar surface area (TPSA) is 51.1 Å². The first-order valence-corrected chi connectivity index (χ1v) is 6.37. The molecule has 0 aliphatic heterocycles. The molecule has 0 spiro atoms. The van der Waals surface area contributed by atoms with Crippen LogP contribution in [0.1, 0.15) is 27.7 Å². The average molecular weight is 250 g/mol. The molecule has 0 aliphatic rings. The van der Waals surface area contributed by atoms with Crippen molar-refractivity contribution in [3.05, 3.63) is 34.7 Å². The third-order valence-corrected chi connectivity index (χ3v) is 2.95. The van der Waals surface area contributed by atoms with E-state index in [1.165, 1.54) is 6.07 Å². The summed E-state index contributed by atoms with van der Waals surface area (Å²) in [6.45, 7) is 8.32. The smallest absolute Gasteiger partial charge is 0.250 e. The summed E-state index contributed by atoms with van der Waals surface area (Å²) in [7, 11) is 0. The molecular weight excluding hydrogens is 228 g/mol. The first-order valence-electron chi connectivity index (χ1n) is 6.37. The molecule has 1 aromatic rings. The first-order chi connectivity index (χ1) is 8.41. The first kappa shape index (κ1) is 14.5. The second-order valence-electron chi connectivity index (χ2n) is 5.21. The normalized spacial score (nSPS) is 12.8. The Morgan fingerprint density at radius 3 is 2.44 bits per heavy atom. The van der Waals surface area contributed by atoms with Gasteiger partial charge in [-0.25, -0.2) is 0 Å². The Morgan fingerprint density at radius 2 is 1.94 bits per heavy atom. The van der Waals surface area contributed by atoms with Crippen molar-refractivity contribution in [3.8, 4) is 0 Å². The van der Waals surface area contributed by atoms with Crippen molar-refractivity contribution in [3.63, 3.8) is 0 Å². The quantitative estimate of drug-likeness (QED) is 0.863. The van der Waals surface area contributed by atoms with Crippen molar-refractivity contribution in [1.82, 2.24) is 9.88 Å². The molecule has 1 heterocycles. The number of aromatic nitrogens is 1. The lowest BCUT2D eigenvalue weighted by Gasteiger charge is -2.24. The highest BCUT2D eigenvalue weighted by Crippen LogP contribution is 2.05. The highest BCUT2D eigenvalue weighted by molar-refractivity contribution is 5.78. The number of nitrogens with zero attached hydrogens (tertiary/aromatic N) is 1. The fourth-order valence-corrected chi connectivity index (χ4v) is 1.60. The maximum Gasteiger partial charge on any atom is 0.250 e. The van der Waals surface area contributed by atoms with Crippen LogP contribution in [0, 0.1) is 11.8 Å². The zero-order valence-corrected chi connectivity index (χ0v) is 11.5. The van der Waals surface area contributed by atoms with Gasteiger partial charge < -0.3 is 9.88 Å². The van der Waals surface area contributed by atoms with E-state index >= 15 is 0 Å². The Balaban J connectivity index is 2.79. The number of nitrogens with one attached hydrogen (secondary N) is 1. The van der Waals surface area contributed by atoms with Crippen molar-refractivity contribution in [2.45, 2.75) is 40.3 Å². The molecule has 4 heteroatoms. The highest BCUT2D eigenvalue weighted by atomic mass is 16.2. The molecule has 0 saturated heterocycles. The average Bonchev–Trinajstić information content (AvgIpc) is 2.30. The Hall–Kier alpha value is -1.58. The molecule has 1 atom stereocenters. The van der Waals surface area contributed by atoms with Crippen LogP contribution < -0.4 is 10.9 Å². The lowest BCUT2D eigenvalue weighted by molar-refractivity contribution is -0.125. The molecule has 1 rings (SSSR count). The molecule has 0 saturated carbocycles. The van der Waals surface area contributed by atoms with Crippen molar-refractivity contribution in [2.24, 2.45) is 11.8 Å². The van der Waals surface area contributed by atoms with E-state index in [1.54, 1.807) is 16.8 Å². The van der Waals surface area contributed by atoms with Gasteiger partial charge >= 0.3 is 0 Å². The van der Waals surface area contributed by atoms with E-state index in [2.05, 4.69) is 5.32 Å². The molecular formula is C14H22N2O2. The molecule has 1 amide bonds. The van der Waals surface area contributed by atoms with Crippen LogP contribution in [0.2, 0.25) is 0 Å². The van der Waals surface area contributed by atoms with Crippen molar-refractivity contribution >= 4 is 5.91 Å². The molecule has 1 unspecified atom stereocenters. The van der Waals surface area contributed by atoms with Gasteiger partial charge in [-0.05, 0) is 12.0 Å². The molecule has 4 nitrogen and oxygen atoms in total. The van der Waals surface area contributed by atoms with Crippen LogP contribution in [-0.2, 0) is 11.3 Å². The van der Waals surface area contributed by atoms with Crippen LogP contribution in [0.25, 0.3) is 0 Å². The van der Waals surface area contributed by atoms with Crippen LogP contribution in [0.5, 0.6) is 0 Å². The van der Waals surface area contributed by atoms with Gasteiger partial charge in [0, 0.05) is 30.8 Å². The van der Waals surface area contributed by atoms with Gasteiger partial charge in [-0.1, -0.05) is 33.8 Å². The lowest BCUT2D eigenvalue weighted by Crippen LogP contribution is -2.44. The predicted molar refractivity (Wildman–Crippen MR) is 72.3 cm³/mol. The van der Waals surface area contributed by atoms with Crippen molar-refractivity contribution in [2.75, 3.05) is 0 Å². The van der Waals surface area contributed by atoms with Crippen LogP contribution in [0.4, 0.5) is 0 Å². The van der Waals surface area contributed by atoms with Crippen molar-refractivity contribution in [1.29, 1.82) is 0 Å². The van der Waals surface area contributed by atoms with Crippen LogP contribution in [0.15, 0.2) is 29.2 Å². The van der Waals surface area contributed by atoms with Gasteiger partial charge in [0.25, 0.3) is 5.56 Å². The monoisotopic (exact) mass is 250 g/mol. The highest BCUT2D eigenvalue weighted by Gasteiger charge is 2.18. The Kier molecular flexibility index (Phi) is 5.13. The number of hydrogen-bond acceptors (Lipinski definition) is 2. The van der Waals surface area contributed by atoms with Crippen molar-refractivity contribution < 1.29 is 4.79 Å². The zero-order valence-electron chi connectivity index (χ0n) is 11.5. The van der Waals surface area contributed by atoms with Gasteiger partial charge in [-0.15, -0.1) is 0 Å². The molecule has 100 valence electrons. The number of carbonyl (C=O) groups excluding carboxylic acids is 1. The Morgan fingerprint density at radius 1 is 1.28 bits per heavy atom. The van der Waals surface area contributed by atoms with E-state index in [4.69, 9.17) is 0 Å². The maximum atomic E-state index is 11.7. The van der Waals surface area contributed by atoms with E-state index < -0.39 is 0 Å². The molecule has 18 heavy (non-hydrogen) atoms. The molecule has 1 N–H and O–H groups in total. The SMILES string of the molecule is CC(C)C(=O)NC(Cn1ccccc1=O)C(C)C. The summed E-state index contributed by atoms with van der Waals surface area (Å²) in [5.74, 6) is 0.260. The van der Waals surface area contributed by atoms with E-state index in [9.17, 15) is 9.59 Å². The Labute approximate surface area is 108 Å². The number of hydrogen-bond donors (Lipinski definition) is 1. The summed E-state index contributed by atoms with van der Waals surface area (Å²) in [4.78, 5) is 23.4. The summed E-state index contributed by atoms with van der Waals surface area (Å²) in [6, 6.07) is 5.04. The van der Waals surface area contributed by atoms with Gasteiger partial charge in [-0.3, -0.25) is 9.59 Å². The molecule has 1 aromatic heterocycles. The van der Waals surface area contributed by atoms with E-state index in [1.807, 2.05) is 33.8 Å². The van der Waals surface area contributed by atoms with Gasteiger partial charge in [-0.2, -0.15) is 0 Å². The van der Waals surface area contributed by atoms with Gasteiger partial charge in [0.2, 0.25) is 5.91 Å². The van der Waals surface area contributed by atoms with Crippen LogP contribution in [-0.4, -0.2) is 16.5 Å². The second-order valence-corrected chi connectivity index (χ2v) is 5.21. The van der Waals surface area contributed by atoms with Gasteiger partial charge in [0.1, 0.15) is 0 Å². The summed E-state index contributed by atoms with van der Waals surface area (Å²) >= 11 is 0. The number of pyridine rings is 1. The minimum atomic E-state index is -0.0428. The van der Waals surface area contributed by atoms with Gasteiger partial charge in [0.05, 0.1) is 0 Å². The Bertz CT molecular complexity index is 449. The van der Waals surface area contributed by atoms with E-state index in [0.717, 1.165) is 0 Å². The fraction of sp³-hybridized carbons (Fsp3) is 0.571. The number of rotatable bonds is 5. The van der Waals surface area contributed by atoms with Crippen LogP contribution in [0.3, 0.4) is 0 Å². The summed E-state index contributed by atoms with van der Waals surface area (Å²) in [6.07, 6.45) is 1.75. The zero-order chi connectivity index (χ0) is 13.7. The molecule has 0 aromatic carbocycles. The fourth-order valence-electron chi connectivity index (χ4n) is 1.60. The third kappa shape index (κ3) is 4.02. The van der Waals surface area contributed by atoms with E-state index in [0.29, 0.717) is 6.54 Å². The summed E-state index contributed by atoms with van der Waals surface area (Å²) in [5.41, 5.74) is -0.0399. The van der Waals surface area contributed by atoms with Gasteiger partial charge in [0.15, 0.2) is 0 Å². The number of carbonyl (C=O) groups is 1. The standard InChI is InChI=1S/C14H22N2O2/c1-10(2)12(15-14(18)11(3)4)9-16-8-6-5-7-13(16)17/h5-8,10-12H,9H2,1-4H3,(H,15,18).